The molecule has 0 aromatic heterocycles. The number of fused-ring (bicyclic) bond motifs is 7. The number of rotatable bonds is 3. The van der Waals surface area contributed by atoms with E-state index in [0.29, 0.717) is 30.1 Å². The van der Waals surface area contributed by atoms with Gasteiger partial charge in [-0.1, -0.05) is 24.8 Å². The number of hydrogen-bond donors (Lipinski definition) is 2. The summed E-state index contributed by atoms with van der Waals surface area (Å²) < 4.78 is 23.2. The molecule has 5 aliphatic rings. The van der Waals surface area contributed by atoms with Gasteiger partial charge in [-0.2, -0.15) is 0 Å². The first-order valence-corrected chi connectivity index (χ1v) is 14.7. The number of ether oxygens (including phenoxy) is 4. The molecule has 0 unspecified atom stereocenters. The van der Waals surface area contributed by atoms with E-state index in [4.69, 9.17) is 18.9 Å². The molecule has 2 aromatic rings. The molecule has 2 N–H and O–H groups in total. The summed E-state index contributed by atoms with van der Waals surface area (Å²) in [7, 11) is 3.76. The van der Waals surface area contributed by atoms with E-state index in [9.17, 15) is 10.2 Å². The van der Waals surface area contributed by atoms with Crippen LogP contribution >= 0.6 is 0 Å². The molecule has 2 heterocycles. The molecule has 0 spiro atoms. The third kappa shape index (κ3) is 3.99. The molecular weight excluding hydrogens is 506 g/mol. The van der Waals surface area contributed by atoms with Crippen molar-refractivity contribution in [1.29, 1.82) is 0 Å². The molecule has 2 aromatic carbocycles. The highest BCUT2D eigenvalue weighted by Gasteiger charge is 2.57. The van der Waals surface area contributed by atoms with Crippen molar-refractivity contribution >= 4 is 0 Å². The summed E-state index contributed by atoms with van der Waals surface area (Å²) in [5.74, 6) is 11.1. The summed E-state index contributed by atoms with van der Waals surface area (Å²) in [4.78, 5) is 2.24. The lowest BCUT2D eigenvalue weighted by molar-refractivity contribution is -0.0505. The molecule has 2 fully saturated rings. The Hall–Kier alpha value is -2.92. The van der Waals surface area contributed by atoms with Crippen LogP contribution in [0.1, 0.15) is 66.8 Å². The number of aliphatic hydroxyl groups is 2. The standard InChI is InChI=1S/C33H39NO6/c1-33-12-10-23-22-9-7-21(15-19(22)6-8-24(23)25(33)17-27(35)32(33)36)38-14-4-5-26-29-20(11-13-34(26)2)16-28-30(31(29)37-3)40-18-39-28/h7,9,15-16,23-27,32,35-36H,6,8,10-14,17-18H2,1-3H3/t23-,24-,25-,26-,27-,32+,33+/m1/s1. The van der Waals surface area contributed by atoms with Gasteiger partial charge < -0.3 is 29.2 Å². The number of nitrogens with zero attached hydrogens (tertiary/aromatic N) is 1. The fourth-order valence-corrected chi connectivity index (χ4v) is 8.51. The van der Waals surface area contributed by atoms with Crippen molar-refractivity contribution in [3.05, 3.63) is 46.5 Å². The lowest BCUT2D eigenvalue weighted by atomic mass is 9.55. The van der Waals surface area contributed by atoms with Crippen LogP contribution < -0.4 is 18.9 Å². The van der Waals surface area contributed by atoms with E-state index < -0.39 is 12.2 Å². The maximum absolute atomic E-state index is 10.7. The molecule has 0 bridgehead atoms. The van der Waals surface area contributed by atoms with Crippen LogP contribution in [0.5, 0.6) is 23.0 Å². The maximum atomic E-state index is 10.7. The van der Waals surface area contributed by atoms with Crippen molar-refractivity contribution in [2.45, 2.75) is 69.6 Å². The first kappa shape index (κ1) is 26.0. The maximum Gasteiger partial charge on any atom is 0.231 e. The van der Waals surface area contributed by atoms with Gasteiger partial charge >= 0.3 is 0 Å². The first-order valence-electron chi connectivity index (χ1n) is 14.7. The highest BCUT2D eigenvalue weighted by Crippen LogP contribution is 2.61. The fraction of sp³-hybridized carbons (Fsp3) is 0.576. The van der Waals surface area contributed by atoms with Gasteiger partial charge in [0.15, 0.2) is 11.5 Å². The largest absolute Gasteiger partial charge is 0.492 e. The summed E-state index contributed by atoms with van der Waals surface area (Å²) in [6.45, 7) is 3.62. The van der Waals surface area contributed by atoms with Gasteiger partial charge in [0.05, 0.1) is 19.3 Å². The average molecular weight is 546 g/mol. The SMILES string of the molecule is COc1c2c(cc3c1[C@@H](C#CCOc1ccc4c(c1)CC[C@@H]1[C@@H]4CC[C@@]4(C)[C@@H]1C[C@@H](O)[C@@H]4O)N(C)CC3)OCO2. The molecule has 7 nitrogen and oxygen atoms in total. The lowest BCUT2D eigenvalue weighted by Crippen LogP contribution is -2.44. The van der Waals surface area contributed by atoms with Gasteiger partial charge in [-0.05, 0) is 104 Å². The number of aliphatic hydroxyl groups excluding tert-OH is 2. The van der Waals surface area contributed by atoms with Crippen molar-refractivity contribution in [3.63, 3.8) is 0 Å². The van der Waals surface area contributed by atoms with E-state index in [-0.39, 0.29) is 18.2 Å². The minimum atomic E-state index is -0.595. The Kier molecular flexibility index (Phi) is 6.42. The highest BCUT2D eigenvalue weighted by molar-refractivity contribution is 5.63. The summed E-state index contributed by atoms with van der Waals surface area (Å²) in [5, 5.41) is 21.1. The summed E-state index contributed by atoms with van der Waals surface area (Å²) in [6, 6.07) is 8.49. The molecule has 7 rings (SSSR count). The van der Waals surface area contributed by atoms with Crippen LogP contribution in [-0.2, 0) is 12.8 Å². The molecule has 40 heavy (non-hydrogen) atoms. The number of benzene rings is 2. The number of aryl methyl sites for hydroxylation is 1. The zero-order valence-electron chi connectivity index (χ0n) is 23.6. The summed E-state index contributed by atoms with van der Waals surface area (Å²) >= 11 is 0. The molecule has 2 saturated carbocycles. The number of methoxy groups -OCH3 is 1. The topological polar surface area (TPSA) is 80.6 Å². The Balaban J connectivity index is 1.06. The highest BCUT2D eigenvalue weighted by atomic mass is 16.7. The molecule has 3 aliphatic carbocycles. The number of hydrogen-bond acceptors (Lipinski definition) is 7. The van der Waals surface area contributed by atoms with Crippen molar-refractivity contribution in [1.82, 2.24) is 4.90 Å². The molecule has 7 heteroatoms. The van der Waals surface area contributed by atoms with Crippen LogP contribution in [0.3, 0.4) is 0 Å². The van der Waals surface area contributed by atoms with Gasteiger partial charge in [-0.3, -0.25) is 4.90 Å². The second-order valence-electron chi connectivity index (χ2n) is 12.5. The van der Waals surface area contributed by atoms with Crippen LogP contribution in [0.25, 0.3) is 0 Å². The van der Waals surface area contributed by atoms with Gasteiger partial charge in [0.2, 0.25) is 12.5 Å². The summed E-state index contributed by atoms with van der Waals surface area (Å²) in [5.41, 5.74) is 4.90. The molecule has 2 aliphatic heterocycles. The van der Waals surface area contributed by atoms with Crippen molar-refractivity contribution in [3.8, 4) is 34.8 Å². The Morgan fingerprint density at radius 2 is 2.00 bits per heavy atom. The average Bonchev–Trinajstić information content (AvgIpc) is 3.52. The van der Waals surface area contributed by atoms with Gasteiger partial charge in [0, 0.05) is 12.1 Å². The van der Waals surface area contributed by atoms with Crippen LogP contribution in [0.2, 0.25) is 0 Å². The van der Waals surface area contributed by atoms with E-state index in [2.05, 4.69) is 55.0 Å². The predicted octanol–water partition coefficient (Wildman–Crippen LogP) is 4.22. The van der Waals surface area contributed by atoms with Crippen molar-refractivity contribution < 1.29 is 29.2 Å². The second kappa shape index (κ2) is 9.87. The van der Waals surface area contributed by atoms with Crippen LogP contribution in [-0.4, -0.2) is 61.4 Å². The molecule has 0 amide bonds. The van der Waals surface area contributed by atoms with E-state index in [1.54, 1.807) is 7.11 Å². The molecule has 0 saturated heterocycles. The molecule has 7 atom stereocenters. The Labute approximate surface area is 236 Å². The van der Waals surface area contributed by atoms with Crippen LogP contribution in [0.4, 0.5) is 0 Å². The third-order valence-electron chi connectivity index (χ3n) is 10.6. The molecule has 212 valence electrons. The Morgan fingerprint density at radius 1 is 1.12 bits per heavy atom. The van der Waals surface area contributed by atoms with E-state index >= 15 is 0 Å². The summed E-state index contributed by atoms with van der Waals surface area (Å²) in [6.07, 6.45) is 4.61. The van der Waals surface area contributed by atoms with Crippen molar-refractivity contribution in [2.75, 3.05) is 34.1 Å². The minimum Gasteiger partial charge on any atom is -0.492 e. The normalized spacial score (nSPS) is 33.6. The van der Waals surface area contributed by atoms with Gasteiger partial charge in [-0.25, -0.2) is 0 Å². The monoisotopic (exact) mass is 545 g/mol. The molecule has 0 radical (unpaired) electrons. The Bertz CT molecular complexity index is 1380. The zero-order chi connectivity index (χ0) is 27.6. The quantitative estimate of drug-likeness (QED) is 0.559. The minimum absolute atomic E-state index is 0.109. The van der Waals surface area contributed by atoms with Crippen molar-refractivity contribution in [2.24, 2.45) is 17.3 Å². The van der Waals surface area contributed by atoms with Gasteiger partial charge in [0.25, 0.3) is 0 Å². The third-order valence-corrected chi connectivity index (χ3v) is 10.6. The van der Waals surface area contributed by atoms with Gasteiger partial charge in [-0.15, -0.1) is 0 Å². The van der Waals surface area contributed by atoms with E-state index in [1.165, 1.54) is 16.7 Å². The lowest BCUT2D eigenvalue weighted by Gasteiger charge is -2.49. The fourth-order valence-electron chi connectivity index (χ4n) is 8.51. The number of likely N-dealkylation sites (N-methyl/N-ethyl adjacent to an activating group) is 1. The van der Waals surface area contributed by atoms with E-state index in [0.717, 1.165) is 67.9 Å². The van der Waals surface area contributed by atoms with Crippen LogP contribution in [0, 0.1) is 29.1 Å². The first-order chi connectivity index (χ1) is 19.4. The van der Waals surface area contributed by atoms with E-state index in [1.807, 2.05) is 0 Å². The Morgan fingerprint density at radius 3 is 2.85 bits per heavy atom. The smallest absolute Gasteiger partial charge is 0.231 e. The zero-order valence-corrected chi connectivity index (χ0v) is 23.6. The molecular formula is C33H39NO6. The predicted molar refractivity (Wildman–Crippen MR) is 150 cm³/mol. The van der Waals surface area contributed by atoms with Gasteiger partial charge in [0.1, 0.15) is 18.4 Å². The van der Waals surface area contributed by atoms with Crippen LogP contribution in [0.15, 0.2) is 24.3 Å². The second-order valence-corrected chi connectivity index (χ2v) is 12.5.